The van der Waals surface area contributed by atoms with Crippen LogP contribution in [-0.2, 0) is 70.9 Å². The Bertz CT molecular complexity index is 1950. The number of aliphatic hydroxyl groups excluding tert-OH is 3. The number of aryl methyl sites for hydroxylation is 1. The zero-order chi connectivity index (χ0) is 47.6. The van der Waals surface area contributed by atoms with Gasteiger partial charge >= 0.3 is 11.9 Å². The number of esters is 1. The molecule has 0 spiro atoms. The summed E-state index contributed by atoms with van der Waals surface area (Å²) in [5, 5.41) is 50.8. The normalized spacial score (nSPS) is 23.7. The molecule has 2 aliphatic rings. The molecule has 0 radical (unpaired) electrons. The Hall–Kier alpha value is -4.05. The number of amides is 5. The lowest BCUT2D eigenvalue weighted by molar-refractivity contribution is -0.228. The van der Waals surface area contributed by atoms with Gasteiger partial charge in [0, 0.05) is 5.69 Å². The first kappa shape index (κ1) is 53.3. The molecular weight excluding hydrogens is 969 g/mol. The van der Waals surface area contributed by atoms with Crippen LogP contribution >= 0.6 is 22.6 Å². The van der Waals surface area contributed by atoms with Gasteiger partial charge < -0.3 is 60.8 Å². The van der Waals surface area contributed by atoms with E-state index in [-0.39, 0.29) is 42.6 Å². The summed E-state index contributed by atoms with van der Waals surface area (Å²) in [7, 11) is -4.32. The summed E-state index contributed by atoms with van der Waals surface area (Å²) in [5.74, 6) is -6.45. The Labute approximate surface area is 378 Å². The van der Waals surface area contributed by atoms with Crippen molar-refractivity contribution in [2.75, 3.05) is 35.3 Å². The van der Waals surface area contributed by atoms with Gasteiger partial charge in [0.05, 0.1) is 47.5 Å². The lowest BCUT2D eigenvalue weighted by atomic mass is 9.91. The lowest BCUT2D eigenvalue weighted by Gasteiger charge is -2.39. The van der Waals surface area contributed by atoms with E-state index in [9.17, 15) is 62.4 Å². The molecule has 24 heteroatoms. The number of alkyl halides is 1. The van der Waals surface area contributed by atoms with Crippen molar-refractivity contribution in [3.63, 3.8) is 0 Å². The molecule has 0 aromatic heterocycles. The smallest absolute Gasteiger partial charge is 0.335 e. The van der Waals surface area contributed by atoms with Crippen LogP contribution in [0, 0.1) is 11.3 Å². The van der Waals surface area contributed by atoms with Crippen LogP contribution in [0.4, 0.5) is 5.69 Å². The van der Waals surface area contributed by atoms with Crippen molar-refractivity contribution < 1.29 is 81.2 Å². The first-order valence-electron chi connectivity index (χ1n) is 20.0. The number of halogens is 1. The number of hydrogen-bond donors (Lipinski definition) is 9. The van der Waals surface area contributed by atoms with E-state index >= 15 is 0 Å². The molecule has 9 N–H and O–H groups in total. The second-order valence-electron chi connectivity index (χ2n) is 16.7. The first-order valence-corrected chi connectivity index (χ1v) is 23.2. The third kappa shape index (κ3) is 15.9. The van der Waals surface area contributed by atoms with Gasteiger partial charge in [0.15, 0.2) is 6.10 Å². The molecule has 354 valence electrons. The van der Waals surface area contributed by atoms with Gasteiger partial charge in [-0.05, 0) is 76.1 Å². The van der Waals surface area contributed by atoms with Crippen LogP contribution in [-0.4, -0.2) is 164 Å². The van der Waals surface area contributed by atoms with Gasteiger partial charge in [-0.1, -0.05) is 42.5 Å². The highest BCUT2D eigenvalue weighted by Crippen LogP contribution is 2.28. The molecule has 2 heterocycles. The lowest BCUT2D eigenvalue weighted by Crippen LogP contribution is -2.59. The third-order valence-electron chi connectivity index (χ3n) is 10.2. The number of hydrogen-bond acceptors (Lipinski definition) is 15. The van der Waals surface area contributed by atoms with Crippen LogP contribution in [0.3, 0.4) is 0 Å². The van der Waals surface area contributed by atoms with Crippen molar-refractivity contribution in [2.45, 2.75) is 122 Å². The van der Waals surface area contributed by atoms with Crippen LogP contribution in [0.2, 0.25) is 0 Å². The van der Waals surface area contributed by atoms with Crippen LogP contribution in [0.5, 0.6) is 0 Å². The molecule has 9 atom stereocenters. The molecule has 0 unspecified atom stereocenters. The van der Waals surface area contributed by atoms with E-state index < -0.39 is 137 Å². The molecular formula is C39H58IN5O17S. The van der Waals surface area contributed by atoms with E-state index in [2.05, 4.69) is 21.3 Å². The highest BCUT2D eigenvalue weighted by molar-refractivity contribution is 14.1. The van der Waals surface area contributed by atoms with Gasteiger partial charge in [0.25, 0.3) is 10.1 Å². The molecule has 1 aromatic carbocycles. The van der Waals surface area contributed by atoms with Crippen molar-refractivity contribution in [1.29, 1.82) is 0 Å². The number of carbonyl (C=O) groups is 7. The first-order chi connectivity index (χ1) is 29.2. The number of nitrogens with zero attached hydrogens (tertiary/aromatic N) is 1. The highest BCUT2D eigenvalue weighted by atomic mass is 127. The van der Waals surface area contributed by atoms with E-state index in [1.807, 2.05) is 22.6 Å². The second kappa shape index (κ2) is 23.2. The van der Waals surface area contributed by atoms with Gasteiger partial charge in [-0.2, -0.15) is 8.42 Å². The fraction of sp³-hybridized carbons (Fsp3) is 0.667. The van der Waals surface area contributed by atoms with Gasteiger partial charge in [0.2, 0.25) is 29.5 Å². The number of rotatable bonds is 21. The minimum Gasteiger partial charge on any atom is -0.479 e. The van der Waals surface area contributed by atoms with E-state index in [4.69, 9.17) is 18.8 Å². The van der Waals surface area contributed by atoms with Crippen molar-refractivity contribution >= 4 is 79.9 Å². The van der Waals surface area contributed by atoms with Crippen LogP contribution in [0.1, 0.15) is 65.5 Å². The van der Waals surface area contributed by atoms with Crippen molar-refractivity contribution in [3.8, 4) is 0 Å². The molecule has 3 rings (SSSR count). The summed E-state index contributed by atoms with van der Waals surface area (Å²) in [6, 6.07) is 0.505. The molecule has 2 aliphatic heterocycles. The third-order valence-corrected chi connectivity index (χ3v) is 11.6. The average Bonchev–Trinajstić information content (AvgIpc) is 3.47. The summed E-state index contributed by atoms with van der Waals surface area (Å²) in [4.78, 5) is 91.0. The molecule has 0 saturated carbocycles. The molecule has 0 bridgehead atoms. The second-order valence-corrected chi connectivity index (χ2v) is 19.1. The Morgan fingerprint density at radius 3 is 2.22 bits per heavy atom. The maximum Gasteiger partial charge on any atom is 0.335 e. The van der Waals surface area contributed by atoms with E-state index in [0.29, 0.717) is 11.1 Å². The minimum absolute atomic E-state index is 0.0381. The zero-order valence-corrected chi connectivity index (χ0v) is 38.7. The van der Waals surface area contributed by atoms with E-state index in [0.717, 1.165) is 4.90 Å². The van der Waals surface area contributed by atoms with Gasteiger partial charge in [-0.3, -0.25) is 33.3 Å². The number of nitrogens with one attached hydrogen (secondary N) is 4. The summed E-state index contributed by atoms with van der Waals surface area (Å²) in [6.07, 6.45) is -8.31. The molecule has 2 saturated heterocycles. The number of aliphatic carboxylic acids is 1. The van der Waals surface area contributed by atoms with Gasteiger partial charge in [-0.15, -0.1) is 0 Å². The standard InChI is InChI=1S/C39H58IN5O17S/c1-19(2)29(44-28(47)16-45-24(18-60-11-12-63(57,58)59)14-25(36(45)53)43-27(46)15-40)35(52)41-20(3)34(51)42-23-9-7-22(17-61-38(56)39(4,5)6)21(13-23)8-10-26-30(48)31(49)32(50)33(62-26)37(54)55/h7,9,13,19-20,24-26,29-33,48-50H,8,10-12,14-18H2,1-6H3,(H,41,52)(H,42,51)(H,43,46)(H,44,47)(H,54,55)(H,57,58,59)/t20-,24-,25-,26-,29-,30-,31+,32-,33-/m0/s1. The fourth-order valence-electron chi connectivity index (χ4n) is 6.64. The number of carbonyl (C=O) groups excluding carboxylic acids is 6. The van der Waals surface area contributed by atoms with Crippen molar-refractivity contribution in [1.82, 2.24) is 20.9 Å². The molecule has 1 aromatic rings. The molecule has 0 aliphatic carbocycles. The number of carboxylic acids is 1. The quantitative estimate of drug-likeness (QED) is 0.0226. The summed E-state index contributed by atoms with van der Waals surface area (Å²) < 4.78 is 47.5. The van der Waals surface area contributed by atoms with Crippen molar-refractivity contribution in [2.24, 2.45) is 11.3 Å². The highest BCUT2D eigenvalue weighted by Gasteiger charge is 2.47. The summed E-state index contributed by atoms with van der Waals surface area (Å²) in [5.41, 5.74) is 0.393. The maximum atomic E-state index is 13.5. The molecule has 5 amide bonds. The largest absolute Gasteiger partial charge is 0.479 e. The maximum absolute atomic E-state index is 13.5. The van der Waals surface area contributed by atoms with Gasteiger partial charge in [0.1, 0.15) is 43.0 Å². The summed E-state index contributed by atoms with van der Waals surface area (Å²) >= 11 is 1.82. The Morgan fingerprint density at radius 2 is 1.63 bits per heavy atom. The van der Waals surface area contributed by atoms with Crippen LogP contribution in [0.15, 0.2) is 18.2 Å². The number of likely N-dealkylation sites (tertiary alicyclic amines) is 1. The monoisotopic (exact) mass is 1030 g/mol. The average molecular weight is 1030 g/mol. The topological polar surface area (TPSA) is 334 Å². The Kier molecular flexibility index (Phi) is 19.6. The number of ether oxygens (including phenoxy) is 3. The number of anilines is 1. The van der Waals surface area contributed by atoms with E-state index in [1.54, 1.807) is 46.8 Å². The predicted octanol–water partition coefficient (Wildman–Crippen LogP) is -1.35. The predicted molar refractivity (Wildman–Crippen MR) is 230 cm³/mol. The molecule has 63 heavy (non-hydrogen) atoms. The van der Waals surface area contributed by atoms with Crippen LogP contribution in [0.25, 0.3) is 0 Å². The van der Waals surface area contributed by atoms with Gasteiger partial charge in [-0.25, -0.2) is 4.79 Å². The van der Waals surface area contributed by atoms with Crippen LogP contribution < -0.4 is 21.3 Å². The SMILES string of the molecule is CC(C)[C@H](NC(=O)CN1C(=O)[C@@H](NC(=O)CI)C[C@H]1COCCS(=O)(=O)O)C(=O)N[C@@H](C)C(=O)Nc1ccc(COC(=O)C(C)(C)C)c(CC[C@@H]2O[C@H](C(=O)O)[C@@H](O)[C@H](O)[C@H]2O)c1. The molecule has 22 nitrogen and oxygen atoms in total. The number of aliphatic hydroxyl groups is 3. The zero-order valence-electron chi connectivity index (χ0n) is 35.7. The van der Waals surface area contributed by atoms with E-state index in [1.165, 1.54) is 13.0 Å². The molecule has 2 fully saturated rings. The minimum atomic E-state index is -4.32. The summed E-state index contributed by atoms with van der Waals surface area (Å²) in [6.45, 7) is 8.33. The number of benzene rings is 1. The Balaban J connectivity index is 1.72. The Morgan fingerprint density at radius 1 is 0.968 bits per heavy atom. The van der Waals surface area contributed by atoms with Crippen molar-refractivity contribution in [3.05, 3.63) is 29.3 Å². The fourth-order valence-corrected chi connectivity index (χ4v) is 7.19. The number of carboxylic acid groups (broad SMARTS) is 1.